The molecule has 0 aliphatic carbocycles. The van der Waals surface area contributed by atoms with Crippen LogP contribution in [0.1, 0.15) is 69.6 Å². The normalized spacial score (nSPS) is 16.0. The number of aryl methyl sites for hydroxylation is 2. The lowest BCUT2D eigenvalue weighted by Crippen LogP contribution is -2.36. The van der Waals surface area contributed by atoms with Gasteiger partial charge in [0.25, 0.3) is 0 Å². The first-order valence-corrected chi connectivity index (χ1v) is 12.1. The van der Waals surface area contributed by atoms with E-state index in [2.05, 4.69) is 37.6 Å². The van der Waals surface area contributed by atoms with Crippen molar-refractivity contribution in [3.05, 3.63) is 52.7 Å². The predicted molar refractivity (Wildman–Crippen MR) is 132 cm³/mol. The van der Waals surface area contributed by atoms with Crippen LogP contribution in [0.4, 0.5) is 10.2 Å². The van der Waals surface area contributed by atoms with Crippen LogP contribution in [0.15, 0.2) is 24.3 Å². The average molecular weight is 455 g/mol. The molecule has 1 atom stereocenters. The fourth-order valence-electron chi connectivity index (χ4n) is 4.96. The number of anilines is 1. The highest BCUT2D eigenvalue weighted by Crippen LogP contribution is 2.28. The second kappa shape index (κ2) is 10.6. The monoisotopic (exact) mass is 454 g/mol. The Hall–Kier alpha value is -2.50. The summed E-state index contributed by atoms with van der Waals surface area (Å²) in [7, 11) is 0. The fourth-order valence-corrected chi connectivity index (χ4v) is 4.96. The van der Waals surface area contributed by atoms with Crippen molar-refractivity contribution in [1.82, 2.24) is 14.9 Å². The number of carbonyl (C=O) groups is 1. The summed E-state index contributed by atoms with van der Waals surface area (Å²) >= 11 is 0. The van der Waals surface area contributed by atoms with E-state index in [1.807, 2.05) is 24.8 Å². The van der Waals surface area contributed by atoms with E-state index in [9.17, 15) is 9.18 Å². The molecule has 0 N–H and O–H groups in total. The first-order chi connectivity index (χ1) is 15.5. The molecule has 33 heavy (non-hydrogen) atoms. The Balaban J connectivity index is 1.73. The van der Waals surface area contributed by atoms with Crippen molar-refractivity contribution in [3.63, 3.8) is 0 Å². The molecule has 0 spiro atoms. The maximum Gasteiger partial charge on any atom is 0.222 e. The van der Waals surface area contributed by atoms with Crippen LogP contribution in [0.3, 0.4) is 0 Å². The van der Waals surface area contributed by atoms with E-state index >= 15 is 0 Å². The molecule has 2 aromatic rings. The topological polar surface area (TPSA) is 49.3 Å². The molecule has 0 bridgehead atoms. The maximum absolute atomic E-state index is 13.8. The van der Waals surface area contributed by atoms with Gasteiger partial charge in [-0.1, -0.05) is 39.8 Å². The molecule has 1 aliphatic heterocycles. The van der Waals surface area contributed by atoms with E-state index in [1.54, 1.807) is 12.1 Å². The second-order valence-electron chi connectivity index (χ2n) is 10.8. The molecule has 0 radical (unpaired) electrons. The Kier molecular flexibility index (Phi) is 8.09. The van der Waals surface area contributed by atoms with E-state index in [0.29, 0.717) is 25.3 Å². The largest absolute Gasteiger partial charge is 0.354 e. The summed E-state index contributed by atoms with van der Waals surface area (Å²) in [6.07, 6.45) is 3.14. The highest BCUT2D eigenvalue weighted by Gasteiger charge is 2.25. The lowest BCUT2D eigenvalue weighted by molar-refractivity contribution is -0.132. The zero-order valence-corrected chi connectivity index (χ0v) is 21.1. The van der Waals surface area contributed by atoms with E-state index in [4.69, 9.17) is 4.98 Å². The minimum atomic E-state index is -0.232. The number of aromatic nitrogens is 2. The van der Waals surface area contributed by atoms with Gasteiger partial charge >= 0.3 is 0 Å². The van der Waals surface area contributed by atoms with Crippen molar-refractivity contribution in [2.24, 2.45) is 11.3 Å². The number of nitrogens with zero attached hydrogens (tertiary/aromatic N) is 4. The van der Waals surface area contributed by atoms with Crippen LogP contribution in [0.5, 0.6) is 0 Å². The first kappa shape index (κ1) is 25.1. The van der Waals surface area contributed by atoms with E-state index in [0.717, 1.165) is 60.9 Å². The predicted octanol–water partition coefficient (Wildman–Crippen LogP) is 5.32. The molecule has 1 amide bonds. The van der Waals surface area contributed by atoms with Crippen molar-refractivity contribution >= 4 is 11.7 Å². The molecular weight excluding hydrogens is 415 g/mol. The van der Waals surface area contributed by atoms with Crippen LogP contribution in [0, 0.1) is 31.0 Å². The third kappa shape index (κ3) is 7.24. The zero-order chi connectivity index (χ0) is 24.2. The molecule has 6 heteroatoms. The average Bonchev–Trinajstić information content (AvgIpc) is 2.94. The van der Waals surface area contributed by atoms with Crippen LogP contribution >= 0.6 is 0 Å². The van der Waals surface area contributed by atoms with Gasteiger partial charge in [-0.05, 0) is 55.7 Å². The van der Waals surface area contributed by atoms with Crippen molar-refractivity contribution in [1.29, 1.82) is 0 Å². The quantitative estimate of drug-likeness (QED) is 0.592. The SMILES string of the molecule is Cc1nc(C)c(Cc2cccc(F)c2)c(N2CCCN(C(=O)CC(C)CC(C)(C)C)CC2)n1. The first-order valence-electron chi connectivity index (χ1n) is 12.1. The van der Waals surface area contributed by atoms with Crippen molar-refractivity contribution in [2.45, 2.75) is 67.2 Å². The Labute approximate surface area is 198 Å². The van der Waals surface area contributed by atoms with Gasteiger partial charge in [0.2, 0.25) is 5.91 Å². The van der Waals surface area contributed by atoms with Gasteiger partial charge in [-0.3, -0.25) is 4.79 Å². The maximum atomic E-state index is 13.8. The summed E-state index contributed by atoms with van der Waals surface area (Å²) in [5.74, 6) is 2.05. The lowest BCUT2D eigenvalue weighted by Gasteiger charge is -2.27. The fraction of sp³-hybridized carbons (Fsp3) is 0.593. The van der Waals surface area contributed by atoms with Crippen molar-refractivity contribution in [3.8, 4) is 0 Å². The van der Waals surface area contributed by atoms with Gasteiger partial charge in [-0.25, -0.2) is 14.4 Å². The summed E-state index contributed by atoms with van der Waals surface area (Å²) in [5, 5.41) is 0. The molecule has 1 unspecified atom stereocenters. The lowest BCUT2D eigenvalue weighted by atomic mass is 9.84. The van der Waals surface area contributed by atoms with E-state index < -0.39 is 0 Å². The number of carbonyl (C=O) groups excluding carboxylic acids is 1. The molecule has 5 nitrogen and oxygen atoms in total. The molecule has 1 saturated heterocycles. The van der Waals surface area contributed by atoms with Gasteiger partial charge in [0.15, 0.2) is 0 Å². The van der Waals surface area contributed by atoms with Gasteiger partial charge in [0.1, 0.15) is 17.5 Å². The smallest absolute Gasteiger partial charge is 0.222 e. The second-order valence-corrected chi connectivity index (χ2v) is 10.8. The number of rotatable bonds is 6. The number of hydrogen-bond acceptors (Lipinski definition) is 4. The van der Waals surface area contributed by atoms with E-state index in [1.165, 1.54) is 6.07 Å². The minimum Gasteiger partial charge on any atom is -0.354 e. The summed E-state index contributed by atoms with van der Waals surface area (Å²) < 4.78 is 13.8. The van der Waals surface area contributed by atoms with Gasteiger partial charge in [0, 0.05) is 50.3 Å². The Morgan fingerprint density at radius 1 is 1.12 bits per heavy atom. The van der Waals surface area contributed by atoms with Gasteiger partial charge < -0.3 is 9.80 Å². The number of hydrogen-bond donors (Lipinski definition) is 0. The highest BCUT2D eigenvalue weighted by molar-refractivity contribution is 5.76. The van der Waals surface area contributed by atoms with Crippen LogP contribution in [0.25, 0.3) is 0 Å². The van der Waals surface area contributed by atoms with Gasteiger partial charge in [-0.15, -0.1) is 0 Å². The Bertz CT molecular complexity index is 969. The molecule has 3 rings (SSSR count). The van der Waals surface area contributed by atoms with Crippen LogP contribution in [0.2, 0.25) is 0 Å². The molecule has 1 fully saturated rings. The molecule has 1 aromatic heterocycles. The Morgan fingerprint density at radius 2 is 1.88 bits per heavy atom. The zero-order valence-electron chi connectivity index (χ0n) is 21.1. The summed E-state index contributed by atoms with van der Waals surface area (Å²) in [5.41, 5.74) is 3.10. The summed E-state index contributed by atoms with van der Waals surface area (Å²) in [6, 6.07) is 6.72. The van der Waals surface area contributed by atoms with Crippen molar-refractivity contribution < 1.29 is 9.18 Å². The standard InChI is InChI=1S/C27H39FN4O/c1-19(18-27(4,5)6)15-25(33)31-11-8-12-32(14-13-31)26-24(20(2)29-21(3)30-26)17-22-9-7-10-23(28)16-22/h7,9-10,16,19H,8,11-15,17-18H2,1-6H3. The third-order valence-electron chi connectivity index (χ3n) is 6.21. The molecule has 1 aliphatic rings. The number of amides is 1. The molecule has 2 heterocycles. The minimum absolute atomic E-state index is 0.232. The number of halogens is 1. The molecule has 180 valence electrons. The van der Waals surface area contributed by atoms with Crippen LogP contribution < -0.4 is 4.90 Å². The van der Waals surface area contributed by atoms with Crippen LogP contribution in [-0.4, -0.2) is 47.0 Å². The highest BCUT2D eigenvalue weighted by atomic mass is 19.1. The van der Waals surface area contributed by atoms with Crippen LogP contribution in [-0.2, 0) is 11.2 Å². The van der Waals surface area contributed by atoms with Crippen molar-refractivity contribution in [2.75, 3.05) is 31.1 Å². The van der Waals surface area contributed by atoms with Gasteiger partial charge in [0.05, 0.1) is 0 Å². The summed E-state index contributed by atoms with van der Waals surface area (Å²) in [4.78, 5) is 26.7. The number of benzene rings is 1. The van der Waals surface area contributed by atoms with E-state index in [-0.39, 0.29) is 17.1 Å². The third-order valence-corrected chi connectivity index (χ3v) is 6.21. The van der Waals surface area contributed by atoms with Gasteiger partial charge in [-0.2, -0.15) is 0 Å². The summed E-state index contributed by atoms with van der Waals surface area (Å²) in [6.45, 7) is 15.8. The Morgan fingerprint density at radius 3 is 2.58 bits per heavy atom. The molecule has 1 aromatic carbocycles. The molecular formula is C27H39FN4O. The molecule has 0 saturated carbocycles.